The van der Waals surface area contributed by atoms with E-state index < -0.39 is 0 Å². The van der Waals surface area contributed by atoms with Crippen LogP contribution in [0.3, 0.4) is 0 Å². The summed E-state index contributed by atoms with van der Waals surface area (Å²) in [5, 5.41) is 5.78. The number of hydrogen-bond donors (Lipinski definition) is 3. The molecule has 0 heterocycles. The number of nitrogens with two attached hydrogens (primary N) is 1. The van der Waals surface area contributed by atoms with Gasteiger partial charge in [0.15, 0.2) is 0 Å². The van der Waals surface area contributed by atoms with Gasteiger partial charge in [-0.1, -0.05) is 12.1 Å². The Morgan fingerprint density at radius 1 is 1.28 bits per heavy atom. The second kappa shape index (κ2) is 5.40. The van der Waals surface area contributed by atoms with Crippen molar-refractivity contribution in [3.8, 4) is 0 Å². The normalized spacial score (nSPS) is 17.9. The zero-order valence-electron chi connectivity index (χ0n) is 10.9. The third-order valence-corrected chi connectivity index (χ3v) is 3.38. The van der Waals surface area contributed by atoms with Crippen molar-refractivity contribution in [3.63, 3.8) is 0 Å². The lowest BCUT2D eigenvalue weighted by atomic mass is 10.1. The van der Waals surface area contributed by atoms with Crippen LogP contribution in [0.2, 0.25) is 0 Å². The summed E-state index contributed by atoms with van der Waals surface area (Å²) in [7, 11) is 0. The van der Waals surface area contributed by atoms with Crippen molar-refractivity contribution in [2.75, 3.05) is 5.32 Å². The molecule has 4 nitrogen and oxygen atoms in total. The Hall–Kier alpha value is -1.55. The molecule has 1 aliphatic carbocycles. The zero-order valence-corrected chi connectivity index (χ0v) is 10.9. The van der Waals surface area contributed by atoms with E-state index in [1.807, 2.05) is 31.2 Å². The van der Waals surface area contributed by atoms with E-state index in [-0.39, 0.29) is 18.1 Å². The van der Waals surface area contributed by atoms with Crippen molar-refractivity contribution < 1.29 is 4.79 Å². The quantitative estimate of drug-likeness (QED) is 0.765. The molecule has 0 spiro atoms. The van der Waals surface area contributed by atoms with E-state index in [0.29, 0.717) is 5.92 Å². The average molecular weight is 247 g/mol. The molecule has 0 bridgehead atoms. The standard InChI is InChI=1S/C14H21N3O/c1-9(15)11-5-7-13(8-6-11)17-14(18)16-10(2)12-3-4-12/h5-10,12H,3-4,15H2,1-2H3,(H2,16,17,18). The van der Waals surface area contributed by atoms with Crippen LogP contribution in [0, 0.1) is 5.92 Å². The molecule has 1 aromatic rings. The van der Waals surface area contributed by atoms with Crippen molar-refractivity contribution >= 4 is 11.7 Å². The largest absolute Gasteiger partial charge is 0.335 e. The molecule has 1 saturated carbocycles. The van der Waals surface area contributed by atoms with Crippen LogP contribution in [0.25, 0.3) is 0 Å². The van der Waals surface area contributed by atoms with Gasteiger partial charge in [0.1, 0.15) is 0 Å². The highest BCUT2D eigenvalue weighted by molar-refractivity contribution is 5.89. The Morgan fingerprint density at radius 3 is 2.39 bits per heavy atom. The third kappa shape index (κ3) is 3.47. The van der Waals surface area contributed by atoms with E-state index in [4.69, 9.17) is 5.73 Å². The monoisotopic (exact) mass is 247 g/mol. The number of rotatable bonds is 4. The van der Waals surface area contributed by atoms with E-state index in [1.165, 1.54) is 12.8 Å². The van der Waals surface area contributed by atoms with Gasteiger partial charge in [0.25, 0.3) is 0 Å². The van der Waals surface area contributed by atoms with E-state index in [9.17, 15) is 4.79 Å². The maximum Gasteiger partial charge on any atom is 0.319 e. The van der Waals surface area contributed by atoms with Gasteiger partial charge in [0.2, 0.25) is 0 Å². The number of nitrogens with one attached hydrogen (secondary N) is 2. The number of urea groups is 1. The molecule has 18 heavy (non-hydrogen) atoms. The molecule has 0 aliphatic heterocycles. The number of benzene rings is 1. The summed E-state index contributed by atoms with van der Waals surface area (Å²) in [4.78, 5) is 11.7. The SMILES string of the molecule is CC(N)c1ccc(NC(=O)NC(C)C2CC2)cc1. The van der Waals surface area contributed by atoms with Crippen molar-refractivity contribution in [2.45, 2.75) is 38.8 Å². The molecule has 4 heteroatoms. The number of carbonyl (C=O) groups excluding carboxylic acids is 1. The fraction of sp³-hybridized carbons (Fsp3) is 0.500. The van der Waals surface area contributed by atoms with Crippen LogP contribution >= 0.6 is 0 Å². The minimum Gasteiger partial charge on any atom is -0.335 e. The highest BCUT2D eigenvalue weighted by Gasteiger charge is 2.28. The van der Waals surface area contributed by atoms with Crippen LogP contribution < -0.4 is 16.4 Å². The van der Waals surface area contributed by atoms with Crippen LogP contribution in [-0.4, -0.2) is 12.1 Å². The lowest BCUT2D eigenvalue weighted by molar-refractivity contribution is 0.248. The van der Waals surface area contributed by atoms with Crippen LogP contribution in [0.5, 0.6) is 0 Å². The third-order valence-electron chi connectivity index (χ3n) is 3.38. The predicted molar refractivity (Wildman–Crippen MR) is 73.4 cm³/mol. The van der Waals surface area contributed by atoms with Crippen molar-refractivity contribution in [3.05, 3.63) is 29.8 Å². The summed E-state index contributed by atoms with van der Waals surface area (Å²) in [6.07, 6.45) is 2.45. The van der Waals surface area contributed by atoms with E-state index in [2.05, 4.69) is 17.6 Å². The van der Waals surface area contributed by atoms with Gasteiger partial charge < -0.3 is 16.4 Å². The summed E-state index contributed by atoms with van der Waals surface area (Å²) in [6.45, 7) is 3.99. The van der Waals surface area contributed by atoms with Crippen LogP contribution in [-0.2, 0) is 0 Å². The highest BCUT2D eigenvalue weighted by atomic mass is 16.2. The van der Waals surface area contributed by atoms with Gasteiger partial charge in [-0.15, -0.1) is 0 Å². The molecule has 2 unspecified atom stereocenters. The Bertz CT molecular complexity index is 410. The molecule has 2 rings (SSSR count). The van der Waals surface area contributed by atoms with Crippen LogP contribution in [0.4, 0.5) is 10.5 Å². The van der Waals surface area contributed by atoms with E-state index in [0.717, 1.165) is 11.3 Å². The van der Waals surface area contributed by atoms with E-state index >= 15 is 0 Å². The zero-order chi connectivity index (χ0) is 13.1. The molecular weight excluding hydrogens is 226 g/mol. The van der Waals surface area contributed by atoms with Gasteiger partial charge in [-0.25, -0.2) is 4.79 Å². The minimum atomic E-state index is -0.136. The number of hydrogen-bond acceptors (Lipinski definition) is 2. The Balaban J connectivity index is 1.86. The fourth-order valence-electron chi connectivity index (χ4n) is 1.96. The van der Waals surface area contributed by atoms with Crippen molar-refractivity contribution in [2.24, 2.45) is 11.7 Å². The van der Waals surface area contributed by atoms with Gasteiger partial charge >= 0.3 is 6.03 Å². The molecule has 98 valence electrons. The Labute approximate surface area is 108 Å². The highest BCUT2D eigenvalue weighted by Crippen LogP contribution is 2.32. The molecule has 1 aliphatic rings. The number of amides is 2. The van der Waals surface area contributed by atoms with Crippen LogP contribution in [0.15, 0.2) is 24.3 Å². The van der Waals surface area contributed by atoms with Crippen molar-refractivity contribution in [1.82, 2.24) is 5.32 Å². The topological polar surface area (TPSA) is 67.1 Å². The molecule has 1 aromatic carbocycles. The Kier molecular flexibility index (Phi) is 3.87. The summed E-state index contributed by atoms with van der Waals surface area (Å²) < 4.78 is 0. The smallest absolute Gasteiger partial charge is 0.319 e. The minimum absolute atomic E-state index is 0.0164. The van der Waals surface area contributed by atoms with Gasteiger partial charge in [-0.2, -0.15) is 0 Å². The molecule has 2 atom stereocenters. The predicted octanol–water partition coefficient (Wildman–Crippen LogP) is 2.63. The molecule has 1 fully saturated rings. The fourth-order valence-corrected chi connectivity index (χ4v) is 1.96. The lowest BCUT2D eigenvalue weighted by Gasteiger charge is -2.14. The van der Waals surface area contributed by atoms with Crippen LogP contribution in [0.1, 0.15) is 38.3 Å². The van der Waals surface area contributed by atoms with Crippen molar-refractivity contribution in [1.29, 1.82) is 0 Å². The lowest BCUT2D eigenvalue weighted by Crippen LogP contribution is -2.37. The molecule has 0 saturated heterocycles. The summed E-state index contributed by atoms with van der Waals surface area (Å²) in [5.41, 5.74) is 7.63. The molecular formula is C14H21N3O. The van der Waals surface area contributed by atoms with Gasteiger partial charge in [0, 0.05) is 17.8 Å². The summed E-state index contributed by atoms with van der Waals surface area (Å²) in [6, 6.07) is 7.76. The first kappa shape index (κ1) is 12.9. The van der Waals surface area contributed by atoms with Gasteiger partial charge in [-0.3, -0.25) is 0 Å². The molecule has 0 aromatic heterocycles. The second-order valence-corrected chi connectivity index (χ2v) is 5.14. The second-order valence-electron chi connectivity index (χ2n) is 5.14. The van der Waals surface area contributed by atoms with Gasteiger partial charge in [-0.05, 0) is 50.3 Å². The first-order valence-electron chi connectivity index (χ1n) is 6.49. The van der Waals surface area contributed by atoms with E-state index in [1.54, 1.807) is 0 Å². The average Bonchev–Trinajstić information content (AvgIpc) is 3.13. The number of anilines is 1. The summed E-state index contributed by atoms with van der Waals surface area (Å²) >= 11 is 0. The maximum absolute atomic E-state index is 11.7. The maximum atomic E-state index is 11.7. The summed E-state index contributed by atoms with van der Waals surface area (Å²) in [5.74, 6) is 0.663. The van der Waals surface area contributed by atoms with Gasteiger partial charge in [0.05, 0.1) is 0 Å². The first-order chi connectivity index (χ1) is 8.56. The number of carbonyl (C=O) groups is 1. The molecule has 2 amide bonds. The Morgan fingerprint density at radius 2 is 1.89 bits per heavy atom. The molecule has 0 radical (unpaired) electrons. The first-order valence-corrected chi connectivity index (χ1v) is 6.49. The molecule has 4 N–H and O–H groups in total.